The molecule has 0 bridgehead atoms. The molecule has 0 heterocycles. The normalized spacial score (nSPS) is 39.6. The van der Waals surface area contributed by atoms with Crippen LogP contribution in [-0.2, 0) is 5.67 Å². The molecule has 64 valence electrons. The number of rotatable bonds is 1. The van der Waals surface area contributed by atoms with Gasteiger partial charge >= 0.3 is 0 Å². The molecule has 1 aromatic carbocycles. The lowest BCUT2D eigenvalue weighted by Crippen LogP contribution is -2.01. The lowest BCUT2D eigenvalue weighted by Gasteiger charge is -2.06. The smallest absolute Gasteiger partial charge is 0.141 e. The monoisotopic (exact) mass is 164 g/mol. The molecule has 2 atom stereocenters. The largest absolute Gasteiger partial charge is 0.238 e. The van der Waals surface area contributed by atoms with Gasteiger partial charge < -0.3 is 0 Å². The lowest BCUT2D eigenvalue weighted by molar-refractivity contribution is 0.276. The summed E-state index contributed by atoms with van der Waals surface area (Å²) < 4.78 is 14.0. The highest BCUT2D eigenvalue weighted by Crippen LogP contribution is 2.60. The Morgan fingerprint density at radius 2 is 1.58 bits per heavy atom. The second-order valence-corrected chi connectivity index (χ2v) is 3.71. The van der Waals surface area contributed by atoms with E-state index in [0.717, 1.165) is 5.56 Å². The third-order valence-corrected chi connectivity index (χ3v) is 3.18. The number of hydrogen-bond donors (Lipinski definition) is 0. The maximum absolute atomic E-state index is 14.0. The van der Waals surface area contributed by atoms with Crippen LogP contribution in [0.1, 0.15) is 19.4 Å². The van der Waals surface area contributed by atoms with Crippen LogP contribution in [0, 0.1) is 11.8 Å². The van der Waals surface area contributed by atoms with Crippen LogP contribution < -0.4 is 0 Å². The summed E-state index contributed by atoms with van der Waals surface area (Å²) in [6.45, 7) is 3.94. The van der Waals surface area contributed by atoms with E-state index in [1.54, 1.807) is 0 Å². The summed E-state index contributed by atoms with van der Waals surface area (Å²) in [4.78, 5) is 0. The number of alkyl halides is 1. The topological polar surface area (TPSA) is 0 Å². The van der Waals surface area contributed by atoms with Crippen molar-refractivity contribution in [3.05, 3.63) is 35.9 Å². The van der Waals surface area contributed by atoms with E-state index in [1.807, 2.05) is 44.2 Å². The molecule has 0 aliphatic heterocycles. The molecule has 1 aliphatic carbocycles. The summed E-state index contributed by atoms with van der Waals surface area (Å²) in [6, 6.07) is 9.47. The predicted octanol–water partition coefficient (Wildman–Crippen LogP) is 3.14. The van der Waals surface area contributed by atoms with Gasteiger partial charge in [-0.05, 0) is 5.56 Å². The first-order chi connectivity index (χ1) is 5.67. The van der Waals surface area contributed by atoms with E-state index < -0.39 is 5.67 Å². The van der Waals surface area contributed by atoms with Crippen LogP contribution in [-0.4, -0.2) is 0 Å². The summed E-state index contributed by atoms with van der Waals surface area (Å²) in [5.74, 6) is 0.361. The molecule has 0 amide bonds. The van der Waals surface area contributed by atoms with Crippen molar-refractivity contribution in [1.82, 2.24) is 0 Å². The molecule has 1 saturated carbocycles. The molecule has 2 rings (SSSR count). The zero-order chi connectivity index (χ0) is 8.77. The summed E-state index contributed by atoms with van der Waals surface area (Å²) in [5.41, 5.74) is -0.202. The number of hydrogen-bond acceptors (Lipinski definition) is 0. The molecule has 0 aromatic heterocycles. The third kappa shape index (κ3) is 0.825. The van der Waals surface area contributed by atoms with Crippen LogP contribution >= 0.6 is 0 Å². The molecule has 1 heteroatoms. The first kappa shape index (κ1) is 7.78. The van der Waals surface area contributed by atoms with E-state index in [4.69, 9.17) is 0 Å². The second-order valence-electron chi connectivity index (χ2n) is 3.71. The van der Waals surface area contributed by atoms with Gasteiger partial charge in [0.15, 0.2) is 0 Å². The average molecular weight is 164 g/mol. The summed E-state index contributed by atoms with van der Waals surface area (Å²) >= 11 is 0. The van der Waals surface area contributed by atoms with Crippen molar-refractivity contribution >= 4 is 0 Å². The minimum atomic E-state index is -1.04. The highest BCUT2D eigenvalue weighted by atomic mass is 19.1. The summed E-state index contributed by atoms with van der Waals surface area (Å²) in [5, 5.41) is 0. The van der Waals surface area contributed by atoms with Crippen molar-refractivity contribution in [3.8, 4) is 0 Å². The van der Waals surface area contributed by atoms with Crippen LogP contribution in [0.25, 0.3) is 0 Å². The van der Waals surface area contributed by atoms with Gasteiger partial charge in [0, 0.05) is 11.8 Å². The minimum Gasteiger partial charge on any atom is -0.238 e. The molecule has 1 aliphatic rings. The van der Waals surface area contributed by atoms with Gasteiger partial charge in [-0.25, -0.2) is 4.39 Å². The first-order valence-corrected chi connectivity index (χ1v) is 4.42. The molecule has 0 radical (unpaired) electrons. The van der Waals surface area contributed by atoms with Crippen molar-refractivity contribution in [2.24, 2.45) is 11.8 Å². The van der Waals surface area contributed by atoms with Gasteiger partial charge in [-0.1, -0.05) is 44.2 Å². The molecular weight excluding hydrogens is 151 g/mol. The molecule has 12 heavy (non-hydrogen) atoms. The van der Waals surface area contributed by atoms with Gasteiger partial charge in [0.05, 0.1) is 0 Å². The standard InChI is InChI=1S/C11H13F/c1-8-9(2)11(8,12)10-6-4-3-5-7-10/h3-9H,1-2H3/t8-,9-/m0/s1. The SMILES string of the molecule is C[C@H]1[C@H](C)C1(F)c1ccccc1. The molecule has 0 saturated heterocycles. The average Bonchev–Trinajstić information content (AvgIpc) is 2.60. The number of halogens is 1. The highest BCUT2D eigenvalue weighted by Gasteiger charge is 2.61. The Morgan fingerprint density at radius 1 is 1.08 bits per heavy atom. The van der Waals surface area contributed by atoms with Gasteiger partial charge in [-0.2, -0.15) is 0 Å². The van der Waals surface area contributed by atoms with E-state index >= 15 is 0 Å². The van der Waals surface area contributed by atoms with Crippen LogP contribution in [0.2, 0.25) is 0 Å². The number of benzene rings is 1. The van der Waals surface area contributed by atoms with Crippen LogP contribution in [0.5, 0.6) is 0 Å². The highest BCUT2D eigenvalue weighted by molar-refractivity contribution is 5.31. The van der Waals surface area contributed by atoms with E-state index in [2.05, 4.69) is 0 Å². The van der Waals surface area contributed by atoms with Crippen molar-refractivity contribution in [2.45, 2.75) is 19.5 Å². The third-order valence-electron chi connectivity index (χ3n) is 3.18. The van der Waals surface area contributed by atoms with Crippen LogP contribution in [0.3, 0.4) is 0 Å². The minimum absolute atomic E-state index is 0.180. The predicted molar refractivity (Wildman–Crippen MR) is 47.6 cm³/mol. The Labute approximate surface area is 72.4 Å². The van der Waals surface area contributed by atoms with E-state index in [0.29, 0.717) is 0 Å². The van der Waals surface area contributed by atoms with Crippen LogP contribution in [0.4, 0.5) is 4.39 Å². The summed E-state index contributed by atoms with van der Waals surface area (Å²) in [6.07, 6.45) is 0. The van der Waals surface area contributed by atoms with Crippen molar-refractivity contribution in [2.75, 3.05) is 0 Å². The second kappa shape index (κ2) is 2.32. The fourth-order valence-corrected chi connectivity index (χ4v) is 1.94. The molecular formula is C11H13F. The van der Waals surface area contributed by atoms with Gasteiger partial charge in [0.2, 0.25) is 0 Å². The van der Waals surface area contributed by atoms with Crippen molar-refractivity contribution < 1.29 is 4.39 Å². The zero-order valence-corrected chi connectivity index (χ0v) is 7.42. The molecule has 0 unspecified atom stereocenters. The van der Waals surface area contributed by atoms with Gasteiger partial charge in [0.25, 0.3) is 0 Å². The Balaban J connectivity index is 2.34. The Hall–Kier alpha value is -0.850. The molecule has 1 fully saturated rings. The van der Waals surface area contributed by atoms with Gasteiger partial charge in [-0.15, -0.1) is 0 Å². The molecule has 0 nitrogen and oxygen atoms in total. The molecule has 0 spiro atoms. The Kier molecular flexibility index (Phi) is 1.50. The maximum atomic E-state index is 14.0. The van der Waals surface area contributed by atoms with E-state index in [1.165, 1.54) is 0 Å². The first-order valence-electron chi connectivity index (χ1n) is 4.42. The fourth-order valence-electron chi connectivity index (χ4n) is 1.94. The van der Waals surface area contributed by atoms with Crippen LogP contribution in [0.15, 0.2) is 30.3 Å². The maximum Gasteiger partial charge on any atom is 0.141 e. The van der Waals surface area contributed by atoms with Gasteiger partial charge in [0.1, 0.15) is 5.67 Å². The Bertz CT molecular complexity index is 270. The molecule has 1 aromatic rings. The summed E-state index contributed by atoms with van der Waals surface area (Å²) in [7, 11) is 0. The quantitative estimate of drug-likeness (QED) is 0.598. The Morgan fingerprint density at radius 3 is 2.00 bits per heavy atom. The van der Waals surface area contributed by atoms with Crippen molar-refractivity contribution in [3.63, 3.8) is 0 Å². The zero-order valence-electron chi connectivity index (χ0n) is 7.42. The lowest BCUT2D eigenvalue weighted by atomic mass is 10.1. The molecule has 0 N–H and O–H groups in total. The van der Waals surface area contributed by atoms with Gasteiger partial charge in [-0.3, -0.25) is 0 Å². The fraction of sp³-hybridized carbons (Fsp3) is 0.455. The van der Waals surface area contributed by atoms with Crippen molar-refractivity contribution in [1.29, 1.82) is 0 Å². The van der Waals surface area contributed by atoms with E-state index in [9.17, 15) is 4.39 Å². The van der Waals surface area contributed by atoms with E-state index in [-0.39, 0.29) is 11.8 Å².